The first-order chi connectivity index (χ1) is 9.25. The highest BCUT2D eigenvalue weighted by atomic mass is 35.5. The molecular formula is C11H5Cl2F4N3. The van der Waals surface area contributed by atoms with Gasteiger partial charge in [-0.2, -0.15) is 13.2 Å². The fourth-order valence-corrected chi connectivity index (χ4v) is 1.65. The number of anilines is 2. The second-order valence-electron chi connectivity index (χ2n) is 3.66. The molecule has 0 aliphatic carbocycles. The summed E-state index contributed by atoms with van der Waals surface area (Å²) < 4.78 is 50.9. The van der Waals surface area contributed by atoms with Crippen LogP contribution in [0.2, 0.25) is 10.3 Å². The van der Waals surface area contributed by atoms with E-state index >= 15 is 0 Å². The van der Waals surface area contributed by atoms with Gasteiger partial charge >= 0.3 is 6.18 Å². The molecule has 0 aliphatic heterocycles. The van der Waals surface area contributed by atoms with Crippen molar-refractivity contribution in [2.45, 2.75) is 6.18 Å². The van der Waals surface area contributed by atoms with Crippen molar-refractivity contribution in [1.82, 2.24) is 9.97 Å². The van der Waals surface area contributed by atoms with E-state index < -0.39 is 23.0 Å². The summed E-state index contributed by atoms with van der Waals surface area (Å²) in [7, 11) is 0. The number of hydrogen-bond donors (Lipinski definition) is 1. The summed E-state index contributed by atoms with van der Waals surface area (Å²) in [4.78, 5) is 6.66. The summed E-state index contributed by atoms with van der Waals surface area (Å²) in [6.07, 6.45) is -4.66. The average molecular weight is 326 g/mol. The number of nitrogens with zero attached hydrogens (tertiary/aromatic N) is 2. The third-order valence-electron chi connectivity index (χ3n) is 2.18. The molecule has 3 nitrogen and oxygen atoms in total. The van der Waals surface area contributed by atoms with Crippen molar-refractivity contribution in [2.75, 3.05) is 5.32 Å². The molecule has 0 atom stereocenters. The van der Waals surface area contributed by atoms with Crippen LogP contribution in [0.3, 0.4) is 0 Å². The molecular weight excluding hydrogens is 321 g/mol. The Kier molecular flexibility index (Phi) is 4.01. The first-order valence-electron chi connectivity index (χ1n) is 5.09. The molecule has 0 aliphatic rings. The molecule has 9 heteroatoms. The smallest absolute Gasteiger partial charge is 0.340 e. The fourth-order valence-electron chi connectivity index (χ4n) is 1.35. The number of benzene rings is 1. The van der Waals surface area contributed by atoms with Gasteiger partial charge in [-0.3, -0.25) is 0 Å². The summed E-state index contributed by atoms with van der Waals surface area (Å²) in [6, 6.07) is 4.32. The van der Waals surface area contributed by atoms with E-state index in [-0.39, 0.29) is 16.5 Å². The highest BCUT2D eigenvalue weighted by Crippen LogP contribution is 2.30. The quantitative estimate of drug-likeness (QED) is 0.643. The van der Waals surface area contributed by atoms with E-state index in [1.54, 1.807) is 0 Å². The van der Waals surface area contributed by atoms with Gasteiger partial charge in [-0.15, -0.1) is 0 Å². The second kappa shape index (κ2) is 5.41. The Labute approximate surface area is 120 Å². The maximum atomic E-state index is 13.2. The standard InChI is InChI=1S/C11H5Cl2F4N3/c12-6-2-1-5(3-7(6)14)18-9-4-8(11(15,16)17)19-10(13)20-9/h1-4H,(H,18,19,20). The van der Waals surface area contributed by atoms with Gasteiger partial charge in [0, 0.05) is 11.8 Å². The van der Waals surface area contributed by atoms with E-state index in [1.807, 2.05) is 0 Å². The minimum absolute atomic E-state index is 0.104. The highest BCUT2D eigenvalue weighted by molar-refractivity contribution is 6.30. The molecule has 2 rings (SSSR count). The normalized spacial score (nSPS) is 11.5. The largest absolute Gasteiger partial charge is 0.433 e. The third-order valence-corrected chi connectivity index (χ3v) is 2.66. The van der Waals surface area contributed by atoms with E-state index in [1.165, 1.54) is 12.1 Å². The molecule has 1 heterocycles. The van der Waals surface area contributed by atoms with Gasteiger partial charge in [0.25, 0.3) is 0 Å². The van der Waals surface area contributed by atoms with Gasteiger partial charge in [-0.25, -0.2) is 14.4 Å². The number of aromatic nitrogens is 2. The Morgan fingerprint density at radius 1 is 1.05 bits per heavy atom. The molecule has 1 aromatic heterocycles. The first-order valence-corrected chi connectivity index (χ1v) is 5.85. The lowest BCUT2D eigenvalue weighted by Gasteiger charge is -2.10. The van der Waals surface area contributed by atoms with Crippen LogP contribution in [-0.2, 0) is 6.18 Å². The zero-order chi connectivity index (χ0) is 14.9. The number of hydrogen-bond acceptors (Lipinski definition) is 3. The lowest BCUT2D eigenvalue weighted by molar-refractivity contribution is -0.141. The van der Waals surface area contributed by atoms with Gasteiger partial charge < -0.3 is 5.32 Å². The zero-order valence-corrected chi connectivity index (χ0v) is 11.0. The number of halogens is 6. The van der Waals surface area contributed by atoms with Crippen LogP contribution in [0.5, 0.6) is 0 Å². The Morgan fingerprint density at radius 3 is 2.35 bits per heavy atom. The highest BCUT2D eigenvalue weighted by Gasteiger charge is 2.33. The summed E-state index contributed by atoms with van der Waals surface area (Å²) in [5, 5.41) is 1.81. The Hall–Kier alpha value is -1.60. The summed E-state index contributed by atoms with van der Waals surface area (Å²) in [5.41, 5.74) is -1.02. The van der Waals surface area contributed by atoms with Gasteiger partial charge in [0.2, 0.25) is 5.28 Å². The van der Waals surface area contributed by atoms with Crippen molar-refractivity contribution >= 4 is 34.7 Å². The van der Waals surface area contributed by atoms with Crippen LogP contribution >= 0.6 is 23.2 Å². The molecule has 106 valence electrons. The van der Waals surface area contributed by atoms with Crippen LogP contribution in [0.15, 0.2) is 24.3 Å². The first kappa shape index (κ1) is 14.8. The van der Waals surface area contributed by atoms with Gasteiger partial charge in [0.15, 0.2) is 5.69 Å². The lowest BCUT2D eigenvalue weighted by atomic mass is 10.3. The maximum Gasteiger partial charge on any atom is 0.433 e. The van der Waals surface area contributed by atoms with Gasteiger partial charge in [-0.1, -0.05) is 11.6 Å². The van der Waals surface area contributed by atoms with Crippen LogP contribution in [0, 0.1) is 5.82 Å². The molecule has 0 radical (unpaired) electrons. The van der Waals surface area contributed by atoms with Gasteiger partial charge in [0.1, 0.15) is 11.6 Å². The van der Waals surface area contributed by atoms with Gasteiger partial charge in [-0.05, 0) is 29.8 Å². The average Bonchev–Trinajstić information content (AvgIpc) is 2.32. The Balaban J connectivity index is 2.33. The molecule has 0 amide bonds. The zero-order valence-electron chi connectivity index (χ0n) is 9.47. The van der Waals surface area contributed by atoms with E-state index in [0.717, 1.165) is 6.07 Å². The van der Waals surface area contributed by atoms with E-state index in [2.05, 4.69) is 15.3 Å². The molecule has 0 fully saturated rings. The van der Waals surface area contributed by atoms with Gasteiger partial charge in [0.05, 0.1) is 5.02 Å². The number of nitrogens with one attached hydrogen (secondary N) is 1. The van der Waals surface area contributed by atoms with Crippen molar-refractivity contribution in [1.29, 1.82) is 0 Å². The molecule has 0 saturated heterocycles. The summed E-state index contributed by atoms with van der Waals surface area (Å²) in [6.45, 7) is 0. The van der Waals surface area contributed by atoms with E-state index in [0.29, 0.717) is 6.07 Å². The molecule has 0 unspecified atom stereocenters. The van der Waals surface area contributed by atoms with Crippen molar-refractivity contribution in [3.63, 3.8) is 0 Å². The summed E-state index contributed by atoms with van der Waals surface area (Å²) >= 11 is 10.9. The fraction of sp³-hybridized carbons (Fsp3) is 0.0909. The molecule has 0 spiro atoms. The molecule has 0 bridgehead atoms. The summed E-state index contributed by atoms with van der Waals surface area (Å²) in [5.74, 6) is -0.924. The molecule has 1 aromatic carbocycles. The molecule has 20 heavy (non-hydrogen) atoms. The molecule has 1 N–H and O–H groups in total. The second-order valence-corrected chi connectivity index (χ2v) is 4.40. The van der Waals surface area contributed by atoms with Crippen LogP contribution in [-0.4, -0.2) is 9.97 Å². The van der Waals surface area contributed by atoms with Crippen LogP contribution in [0.25, 0.3) is 0 Å². The molecule has 2 aromatic rings. The van der Waals surface area contributed by atoms with Crippen molar-refractivity contribution in [3.8, 4) is 0 Å². The van der Waals surface area contributed by atoms with Crippen LogP contribution in [0.4, 0.5) is 29.1 Å². The molecule has 0 saturated carbocycles. The number of rotatable bonds is 2. The van der Waals surface area contributed by atoms with Crippen molar-refractivity contribution < 1.29 is 17.6 Å². The SMILES string of the molecule is Fc1cc(Nc2cc(C(F)(F)F)nc(Cl)n2)ccc1Cl. The van der Waals surface area contributed by atoms with Crippen LogP contribution < -0.4 is 5.32 Å². The van der Waals surface area contributed by atoms with E-state index in [4.69, 9.17) is 23.2 Å². The van der Waals surface area contributed by atoms with Crippen molar-refractivity contribution in [3.05, 3.63) is 46.1 Å². The topological polar surface area (TPSA) is 37.8 Å². The minimum Gasteiger partial charge on any atom is -0.340 e. The maximum absolute atomic E-state index is 13.2. The number of alkyl halides is 3. The van der Waals surface area contributed by atoms with Crippen LogP contribution in [0.1, 0.15) is 5.69 Å². The Morgan fingerprint density at radius 2 is 1.75 bits per heavy atom. The Bertz CT molecular complexity index is 646. The minimum atomic E-state index is -4.66. The monoisotopic (exact) mass is 325 g/mol. The predicted octanol–water partition coefficient (Wildman–Crippen LogP) is 4.68. The predicted molar refractivity (Wildman–Crippen MR) is 66.7 cm³/mol. The third kappa shape index (κ3) is 3.49. The van der Waals surface area contributed by atoms with Crippen molar-refractivity contribution in [2.24, 2.45) is 0 Å². The van der Waals surface area contributed by atoms with E-state index in [9.17, 15) is 17.6 Å². The lowest BCUT2D eigenvalue weighted by Crippen LogP contribution is -2.10.